The first-order chi connectivity index (χ1) is 28.2. The summed E-state index contributed by atoms with van der Waals surface area (Å²) < 4.78 is 0. The lowest BCUT2D eigenvalue weighted by Gasteiger charge is -2.29. The molecule has 0 saturated heterocycles. The summed E-state index contributed by atoms with van der Waals surface area (Å²) in [6, 6.07) is 74.0. The SMILES string of the molecule is C=C1/C=C\C=C/Cc2ccccc2N1c1cc(-c2ccccc2)cc(-c2ccc(N(c3ccc(-c4ccccc4)cc3)c3ccc(-c4ccccc4)cc3)cc2)c1. The van der Waals surface area contributed by atoms with Crippen molar-refractivity contribution in [2.75, 3.05) is 9.80 Å². The van der Waals surface area contributed by atoms with Crippen LogP contribution in [0.15, 0.2) is 243 Å². The number of rotatable bonds is 8. The van der Waals surface area contributed by atoms with Gasteiger partial charge in [0.1, 0.15) is 0 Å². The first kappa shape index (κ1) is 35.3. The summed E-state index contributed by atoms with van der Waals surface area (Å²) in [6.45, 7) is 4.55. The molecule has 0 aliphatic carbocycles. The van der Waals surface area contributed by atoms with Crippen LogP contribution in [0, 0.1) is 0 Å². The standard InChI is InChI=1S/C55H42N2/c1-41-16-6-2-13-23-48-24-14-15-25-55(48)56(41)54-39-49(44-21-11-5-12-22-44)38-50(40-54)47-30-36-53(37-31-47)57(51-32-26-45(27-33-51)42-17-7-3-8-18-42)52-34-28-46(29-35-52)43-19-9-4-10-20-43/h2-22,24-40H,1,23H2/b13-2-,16-6-. The highest BCUT2D eigenvalue weighted by Crippen LogP contribution is 2.41. The molecule has 272 valence electrons. The van der Waals surface area contributed by atoms with Crippen molar-refractivity contribution >= 4 is 28.4 Å². The molecule has 1 aliphatic rings. The van der Waals surface area contributed by atoms with Gasteiger partial charge in [-0.3, -0.25) is 0 Å². The van der Waals surface area contributed by atoms with Crippen LogP contribution in [0.25, 0.3) is 44.5 Å². The smallest absolute Gasteiger partial charge is 0.0496 e. The van der Waals surface area contributed by atoms with Gasteiger partial charge in [-0.1, -0.05) is 170 Å². The van der Waals surface area contributed by atoms with Gasteiger partial charge in [0, 0.05) is 34.1 Å². The van der Waals surface area contributed by atoms with Crippen molar-refractivity contribution in [2.45, 2.75) is 6.42 Å². The van der Waals surface area contributed by atoms with Gasteiger partial charge in [-0.15, -0.1) is 0 Å². The quantitative estimate of drug-likeness (QED) is 0.154. The molecule has 0 N–H and O–H groups in total. The van der Waals surface area contributed by atoms with E-state index in [9.17, 15) is 0 Å². The van der Waals surface area contributed by atoms with E-state index >= 15 is 0 Å². The number of anilines is 5. The predicted octanol–water partition coefficient (Wildman–Crippen LogP) is 15.1. The van der Waals surface area contributed by atoms with E-state index in [1.54, 1.807) is 0 Å². The molecule has 1 heterocycles. The Morgan fingerprint density at radius 1 is 0.386 bits per heavy atom. The zero-order valence-electron chi connectivity index (χ0n) is 31.7. The number of hydrogen-bond acceptors (Lipinski definition) is 2. The van der Waals surface area contributed by atoms with E-state index in [1.807, 2.05) is 0 Å². The number of hydrogen-bond donors (Lipinski definition) is 0. The average molecular weight is 731 g/mol. The molecule has 8 aromatic carbocycles. The highest BCUT2D eigenvalue weighted by Gasteiger charge is 2.19. The Hall–Kier alpha value is -7.42. The lowest BCUT2D eigenvalue weighted by molar-refractivity contribution is 1.17. The van der Waals surface area contributed by atoms with Crippen molar-refractivity contribution in [2.24, 2.45) is 0 Å². The van der Waals surface area contributed by atoms with Crippen molar-refractivity contribution in [3.05, 3.63) is 248 Å². The van der Waals surface area contributed by atoms with Gasteiger partial charge >= 0.3 is 0 Å². The Morgan fingerprint density at radius 2 is 0.789 bits per heavy atom. The highest BCUT2D eigenvalue weighted by molar-refractivity contribution is 5.85. The molecule has 2 nitrogen and oxygen atoms in total. The second-order valence-electron chi connectivity index (χ2n) is 14.3. The maximum atomic E-state index is 4.55. The van der Waals surface area contributed by atoms with Crippen LogP contribution >= 0.6 is 0 Å². The molecule has 1 aliphatic heterocycles. The van der Waals surface area contributed by atoms with Gasteiger partial charge in [0.05, 0.1) is 0 Å². The van der Waals surface area contributed by atoms with Gasteiger partial charge < -0.3 is 9.80 Å². The second-order valence-corrected chi connectivity index (χ2v) is 14.3. The van der Waals surface area contributed by atoms with Crippen LogP contribution in [0.3, 0.4) is 0 Å². The Balaban J connectivity index is 1.13. The monoisotopic (exact) mass is 730 g/mol. The number of fused-ring (bicyclic) bond motifs is 1. The highest BCUT2D eigenvalue weighted by atomic mass is 15.2. The van der Waals surface area contributed by atoms with Crippen LogP contribution < -0.4 is 9.80 Å². The Bertz CT molecular complexity index is 2590. The number of allylic oxidation sites excluding steroid dienone is 4. The maximum absolute atomic E-state index is 4.55. The molecule has 0 spiro atoms. The second kappa shape index (κ2) is 16.1. The van der Waals surface area contributed by atoms with Crippen molar-refractivity contribution < 1.29 is 0 Å². The third kappa shape index (κ3) is 7.62. The molecular weight excluding hydrogens is 689 g/mol. The third-order valence-electron chi connectivity index (χ3n) is 10.6. The lowest BCUT2D eigenvalue weighted by atomic mass is 9.96. The van der Waals surface area contributed by atoms with Crippen LogP contribution in [0.5, 0.6) is 0 Å². The van der Waals surface area contributed by atoms with E-state index in [4.69, 9.17) is 0 Å². The molecular formula is C55H42N2. The summed E-state index contributed by atoms with van der Waals surface area (Å²) in [5.74, 6) is 0. The fourth-order valence-electron chi connectivity index (χ4n) is 7.70. The molecule has 9 rings (SSSR count). The van der Waals surface area contributed by atoms with Crippen molar-refractivity contribution in [3.63, 3.8) is 0 Å². The Labute approximate surface area is 336 Å². The summed E-state index contributed by atoms with van der Waals surface area (Å²) >= 11 is 0. The fraction of sp³-hybridized carbons (Fsp3) is 0.0182. The van der Waals surface area contributed by atoms with Gasteiger partial charge in [0.15, 0.2) is 0 Å². The summed E-state index contributed by atoms with van der Waals surface area (Å²) in [7, 11) is 0. The van der Waals surface area contributed by atoms with Crippen LogP contribution in [0.4, 0.5) is 28.4 Å². The minimum absolute atomic E-state index is 0.845. The van der Waals surface area contributed by atoms with E-state index in [0.717, 1.165) is 57.2 Å². The number of benzene rings is 8. The largest absolute Gasteiger partial charge is 0.311 e. The first-order valence-corrected chi connectivity index (χ1v) is 19.5. The van der Waals surface area contributed by atoms with E-state index in [2.05, 4.69) is 247 Å². The summed E-state index contributed by atoms with van der Waals surface area (Å²) in [5, 5.41) is 0. The zero-order chi connectivity index (χ0) is 38.4. The van der Waals surface area contributed by atoms with E-state index in [0.29, 0.717) is 0 Å². The van der Waals surface area contributed by atoms with E-state index in [1.165, 1.54) is 33.4 Å². The van der Waals surface area contributed by atoms with E-state index < -0.39 is 0 Å². The molecule has 0 unspecified atom stereocenters. The van der Waals surface area contributed by atoms with Gasteiger partial charge in [-0.25, -0.2) is 0 Å². The minimum atomic E-state index is 0.845. The number of nitrogens with zero attached hydrogens (tertiary/aromatic N) is 2. The topological polar surface area (TPSA) is 6.48 Å². The molecule has 0 radical (unpaired) electrons. The number of para-hydroxylation sites is 1. The summed E-state index contributed by atoms with van der Waals surface area (Å²) in [5.41, 5.74) is 17.0. The summed E-state index contributed by atoms with van der Waals surface area (Å²) in [6.07, 6.45) is 9.33. The van der Waals surface area contributed by atoms with Gasteiger partial charge in [0.25, 0.3) is 0 Å². The normalized spacial score (nSPS) is 13.5. The first-order valence-electron chi connectivity index (χ1n) is 19.5. The van der Waals surface area contributed by atoms with Crippen LogP contribution in [0.1, 0.15) is 5.56 Å². The fourth-order valence-corrected chi connectivity index (χ4v) is 7.70. The van der Waals surface area contributed by atoms with Gasteiger partial charge in [-0.2, -0.15) is 0 Å². The predicted molar refractivity (Wildman–Crippen MR) is 243 cm³/mol. The van der Waals surface area contributed by atoms with Crippen molar-refractivity contribution in [1.29, 1.82) is 0 Å². The van der Waals surface area contributed by atoms with Crippen LogP contribution in [0.2, 0.25) is 0 Å². The molecule has 0 atom stereocenters. The molecule has 0 fully saturated rings. The molecule has 0 aromatic heterocycles. The van der Waals surface area contributed by atoms with Crippen LogP contribution in [-0.4, -0.2) is 0 Å². The molecule has 8 aromatic rings. The van der Waals surface area contributed by atoms with Gasteiger partial charge in [0.2, 0.25) is 0 Å². The Kier molecular flexibility index (Phi) is 9.99. The molecule has 0 bridgehead atoms. The van der Waals surface area contributed by atoms with Crippen molar-refractivity contribution in [1.82, 2.24) is 0 Å². The maximum Gasteiger partial charge on any atom is 0.0496 e. The lowest BCUT2D eigenvalue weighted by Crippen LogP contribution is -2.16. The zero-order valence-corrected chi connectivity index (χ0v) is 31.7. The molecule has 0 saturated carbocycles. The average Bonchev–Trinajstić information content (AvgIpc) is 3.36. The van der Waals surface area contributed by atoms with Crippen molar-refractivity contribution in [3.8, 4) is 44.5 Å². The molecule has 2 heteroatoms. The molecule has 0 amide bonds. The Morgan fingerprint density at radius 3 is 1.28 bits per heavy atom. The third-order valence-corrected chi connectivity index (χ3v) is 10.6. The van der Waals surface area contributed by atoms with Crippen LogP contribution in [-0.2, 0) is 6.42 Å². The summed E-state index contributed by atoms with van der Waals surface area (Å²) in [4.78, 5) is 4.63. The van der Waals surface area contributed by atoms with E-state index in [-0.39, 0.29) is 0 Å². The minimum Gasteiger partial charge on any atom is -0.311 e. The van der Waals surface area contributed by atoms with Gasteiger partial charge in [-0.05, 0) is 123 Å². The molecule has 57 heavy (non-hydrogen) atoms.